The lowest BCUT2D eigenvalue weighted by Crippen LogP contribution is -2.28. The van der Waals surface area contributed by atoms with E-state index in [0.717, 1.165) is 16.8 Å². The van der Waals surface area contributed by atoms with Crippen LogP contribution in [0.4, 0.5) is 0 Å². The molecule has 0 saturated carbocycles. The number of nitrogens with zero attached hydrogens (tertiary/aromatic N) is 3. The van der Waals surface area contributed by atoms with Gasteiger partial charge in [0.05, 0.1) is 5.71 Å². The zero-order valence-electron chi connectivity index (χ0n) is 12.6. The fourth-order valence-corrected chi connectivity index (χ4v) is 2.34. The minimum Gasteiger partial charge on any atom is -0.375 e. The molecule has 2 rings (SSSR count). The Hall–Kier alpha value is -2.34. The second kappa shape index (κ2) is 7.61. The Labute approximate surface area is 135 Å². The molecule has 2 heterocycles. The maximum absolute atomic E-state index is 5.51. The Balaban J connectivity index is 2.34. The molecular weight excluding hydrogens is 294 g/mol. The summed E-state index contributed by atoms with van der Waals surface area (Å²) >= 11 is 4.86. The Kier molecular flexibility index (Phi) is 5.55. The van der Waals surface area contributed by atoms with Crippen molar-refractivity contribution in [3.05, 3.63) is 60.2 Å². The molecule has 0 fully saturated rings. The van der Waals surface area contributed by atoms with Crippen molar-refractivity contribution < 1.29 is 0 Å². The zero-order valence-corrected chi connectivity index (χ0v) is 13.4. The van der Waals surface area contributed by atoms with Crippen LogP contribution in [0.2, 0.25) is 0 Å². The van der Waals surface area contributed by atoms with Gasteiger partial charge in [-0.15, -0.1) is 0 Å². The number of pyridine rings is 2. The lowest BCUT2D eigenvalue weighted by molar-refractivity contribution is 0.859. The molecule has 0 spiro atoms. The highest BCUT2D eigenvalue weighted by atomic mass is 32.1. The average Bonchev–Trinajstić information content (AvgIpc) is 2.56. The van der Waals surface area contributed by atoms with Crippen LogP contribution in [-0.2, 0) is 0 Å². The fourth-order valence-electron chi connectivity index (χ4n) is 2.29. The second-order valence-electron chi connectivity index (χ2n) is 5.03. The van der Waals surface area contributed by atoms with Crippen molar-refractivity contribution in [3.63, 3.8) is 0 Å². The SMILES string of the molecule is CC(C(=NNC(N)=S)C(C)c1cccnc1)c1cccnc1. The van der Waals surface area contributed by atoms with Crippen LogP contribution >= 0.6 is 12.2 Å². The molecule has 0 saturated heterocycles. The highest BCUT2D eigenvalue weighted by Crippen LogP contribution is 2.26. The van der Waals surface area contributed by atoms with Gasteiger partial charge in [-0.2, -0.15) is 5.10 Å². The number of aromatic nitrogens is 2. The van der Waals surface area contributed by atoms with E-state index in [0.29, 0.717) is 0 Å². The third-order valence-corrected chi connectivity index (χ3v) is 3.64. The molecule has 2 unspecified atom stereocenters. The Morgan fingerprint density at radius 1 is 1.09 bits per heavy atom. The lowest BCUT2D eigenvalue weighted by Gasteiger charge is -2.21. The van der Waals surface area contributed by atoms with E-state index in [4.69, 9.17) is 18.0 Å². The van der Waals surface area contributed by atoms with Crippen LogP contribution in [0, 0.1) is 0 Å². The van der Waals surface area contributed by atoms with Crippen molar-refractivity contribution in [2.24, 2.45) is 10.8 Å². The molecule has 22 heavy (non-hydrogen) atoms. The number of nitrogens with one attached hydrogen (secondary N) is 1. The molecule has 6 heteroatoms. The van der Waals surface area contributed by atoms with Crippen molar-refractivity contribution in [1.82, 2.24) is 15.4 Å². The van der Waals surface area contributed by atoms with Gasteiger partial charge in [0, 0.05) is 36.6 Å². The van der Waals surface area contributed by atoms with Crippen molar-refractivity contribution >= 4 is 23.0 Å². The van der Waals surface area contributed by atoms with E-state index in [9.17, 15) is 0 Å². The van der Waals surface area contributed by atoms with E-state index >= 15 is 0 Å². The van der Waals surface area contributed by atoms with Gasteiger partial charge in [-0.05, 0) is 35.5 Å². The van der Waals surface area contributed by atoms with Crippen LogP contribution in [0.5, 0.6) is 0 Å². The highest BCUT2D eigenvalue weighted by Gasteiger charge is 2.21. The molecule has 3 N–H and O–H groups in total. The maximum Gasteiger partial charge on any atom is 0.184 e. The molecule has 2 atom stereocenters. The minimum atomic E-state index is 0.0748. The van der Waals surface area contributed by atoms with E-state index in [1.807, 2.05) is 36.7 Å². The van der Waals surface area contributed by atoms with E-state index in [1.54, 1.807) is 12.4 Å². The largest absolute Gasteiger partial charge is 0.375 e. The van der Waals surface area contributed by atoms with Crippen LogP contribution in [0.1, 0.15) is 36.8 Å². The van der Waals surface area contributed by atoms with E-state index in [2.05, 4.69) is 34.3 Å². The number of hydrogen-bond acceptors (Lipinski definition) is 4. The van der Waals surface area contributed by atoms with Crippen LogP contribution in [0.15, 0.2) is 54.2 Å². The first kappa shape index (κ1) is 16.0. The second-order valence-corrected chi connectivity index (χ2v) is 5.47. The van der Waals surface area contributed by atoms with E-state index in [1.165, 1.54) is 0 Å². The first-order valence-corrected chi connectivity index (χ1v) is 7.43. The summed E-state index contributed by atoms with van der Waals surface area (Å²) in [5.41, 5.74) is 11.3. The normalized spacial score (nSPS) is 13.0. The molecule has 0 aliphatic carbocycles. The molecule has 0 radical (unpaired) electrons. The number of hydrogen-bond donors (Lipinski definition) is 2. The van der Waals surface area contributed by atoms with Gasteiger partial charge in [0.2, 0.25) is 0 Å². The van der Waals surface area contributed by atoms with Gasteiger partial charge in [0.1, 0.15) is 0 Å². The summed E-state index contributed by atoms with van der Waals surface area (Å²) in [6.07, 6.45) is 7.20. The fraction of sp³-hybridized carbons (Fsp3) is 0.250. The van der Waals surface area contributed by atoms with Gasteiger partial charge in [-0.25, -0.2) is 0 Å². The molecule has 2 aromatic rings. The molecule has 0 aromatic carbocycles. The van der Waals surface area contributed by atoms with Crippen LogP contribution < -0.4 is 11.2 Å². The Morgan fingerprint density at radius 3 is 1.95 bits per heavy atom. The van der Waals surface area contributed by atoms with Gasteiger partial charge < -0.3 is 5.73 Å². The average molecular weight is 313 g/mol. The van der Waals surface area contributed by atoms with Crippen LogP contribution in [0.3, 0.4) is 0 Å². The van der Waals surface area contributed by atoms with Crippen LogP contribution in [-0.4, -0.2) is 20.8 Å². The third-order valence-electron chi connectivity index (χ3n) is 3.55. The van der Waals surface area contributed by atoms with Crippen LogP contribution in [0.25, 0.3) is 0 Å². The highest BCUT2D eigenvalue weighted by molar-refractivity contribution is 7.80. The Bertz CT molecular complexity index is 595. The van der Waals surface area contributed by atoms with Crippen molar-refractivity contribution in [2.75, 3.05) is 0 Å². The molecule has 0 amide bonds. The minimum absolute atomic E-state index is 0.0748. The van der Waals surface area contributed by atoms with E-state index < -0.39 is 0 Å². The third kappa shape index (κ3) is 4.08. The predicted octanol–water partition coefficient (Wildman–Crippen LogP) is 2.57. The van der Waals surface area contributed by atoms with Gasteiger partial charge in [-0.3, -0.25) is 15.4 Å². The summed E-state index contributed by atoms with van der Waals surface area (Å²) in [5, 5.41) is 4.57. The Morgan fingerprint density at radius 2 is 1.59 bits per heavy atom. The lowest BCUT2D eigenvalue weighted by atomic mass is 9.86. The quantitative estimate of drug-likeness (QED) is 0.504. The van der Waals surface area contributed by atoms with Gasteiger partial charge >= 0.3 is 0 Å². The number of nitrogens with two attached hydrogens (primary N) is 1. The standard InChI is InChI=1S/C16H19N5S/c1-11(13-5-3-7-18-9-13)15(20-21-16(17)22)12(2)14-6-4-8-19-10-14/h3-12H,1-2H3,(H3,17,21,22). The summed E-state index contributed by atoms with van der Waals surface area (Å²) in [6, 6.07) is 7.90. The zero-order chi connectivity index (χ0) is 15.9. The monoisotopic (exact) mass is 313 g/mol. The van der Waals surface area contributed by atoms with Gasteiger partial charge in [0.25, 0.3) is 0 Å². The molecule has 0 bridgehead atoms. The number of thiocarbonyl (C=S) groups is 1. The first-order valence-electron chi connectivity index (χ1n) is 7.02. The predicted molar refractivity (Wildman–Crippen MR) is 92.7 cm³/mol. The van der Waals surface area contributed by atoms with Crippen molar-refractivity contribution in [2.45, 2.75) is 25.7 Å². The van der Waals surface area contributed by atoms with Gasteiger partial charge in [-0.1, -0.05) is 26.0 Å². The molecule has 2 aromatic heterocycles. The van der Waals surface area contributed by atoms with E-state index in [-0.39, 0.29) is 16.9 Å². The topological polar surface area (TPSA) is 76.2 Å². The number of hydrazone groups is 1. The molecule has 0 aliphatic heterocycles. The summed E-state index contributed by atoms with van der Waals surface area (Å²) < 4.78 is 0. The smallest absolute Gasteiger partial charge is 0.184 e. The molecular formula is C16H19N5S. The first-order chi connectivity index (χ1) is 10.6. The van der Waals surface area contributed by atoms with Crippen molar-refractivity contribution in [1.29, 1.82) is 0 Å². The van der Waals surface area contributed by atoms with Crippen molar-refractivity contribution in [3.8, 4) is 0 Å². The maximum atomic E-state index is 5.51. The number of rotatable bonds is 5. The summed E-state index contributed by atoms with van der Waals surface area (Å²) in [4.78, 5) is 8.35. The summed E-state index contributed by atoms with van der Waals surface area (Å²) in [7, 11) is 0. The summed E-state index contributed by atoms with van der Waals surface area (Å²) in [5.74, 6) is 0.150. The molecule has 114 valence electrons. The summed E-state index contributed by atoms with van der Waals surface area (Å²) in [6.45, 7) is 4.17. The molecule has 0 aliphatic rings. The molecule has 5 nitrogen and oxygen atoms in total. The van der Waals surface area contributed by atoms with Gasteiger partial charge in [0.15, 0.2) is 5.11 Å².